The molecule has 0 saturated heterocycles. The van der Waals surface area contributed by atoms with Crippen LogP contribution in [0.15, 0.2) is 47.4 Å². The van der Waals surface area contributed by atoms with Crippen LogP contribution >= 0.6 is 0 Å². The van der Waals surface area contributed by atoms with Crippen molar-refractivity contribution in [1.82, 2.24) is 4.41 Å². The van der Waals surface area contributed by atoms with Crippen molar-refractivity contribution in [2.75, 3.05) is 32.3 Å². The molecule has 2 aromatic rings. The summed E-state index contributed by atoms with van der Waals surface area (Å²) in [7, 11) is -1.58. The first-order valence-electron chi connectivity index (χ1n) is 10.3. The van der Waals surface area contributed by atoms with Gasteiger partial charge >= 0.3 is 6.18 Å². The van der Waals surface area contributed by atoms with E-state index in [1.165, 1.54) is 31.4 Å². The van der Waals surface area contributed by atoms with Crippen molar-refractivity contribution in [2.24, 2.45) is 5.92 Å². The van der Waals surface area contributed by atoms with Crippen molar-refractivity contribution in [1.29, 1.82) is 0 Å². The number of hydrazine groups is 1. The molecule has 1 aliphatic rings. The Balaban J connectivity index is 2.16. The summed E-state index contributed by atoms with van der Waals surface area (Å²) in [5.41, 5.74) is -0.740. The van der Waals surface area contributed by atoms with Crippen LogP contribution < -0.4 is 14.5 Å². The van der Waals surface area contributed by atoms with Gasteiger partial charge in [-0.25, -0.2) is 8.42 Å². The molecule has 0 amide bonds. The molecule has 0 radical (unpaired) electrons. The number of anilines is 1. The Bertz CT molecular complexity index is 1040. The molecule has 1 fully saturated rings. The Kier molecular flexibility index (Phi) is 7.24. The maximum absolute atomic E-state index is 13.6. The first-order chi connectivity index (χ1) is 15.1. The van der Waals surface area contributed by atoms with Crippen LogP contribution in [0.25, 0.3) is 0 Å². The van der Waals surface area contributed by atoms with E-state index >= 15 is 0 Å². The highest BCUT2D eigenvalue weighted by Crippen LogP contribution is 2.40. The van der Waals surface area contributed by atoms with Gasteiger partial charge in [0.25, 0.3) is 10.0 Å². The molecule has 1 aliphatic carbocycles. The van der Waals surface area contributed by atoms with E-state index < -0.39 is 26.7 Å². The molecular formula is C22H27F3N2O4S. The van der Waals surface area contributed by atoms with Crippen LogP contribution in [0.2, 0.25) is 0 Å². The minimum absolute atomic E-state index is 0.0103. The summed E-state index contributed by atoms with van der Waals surface area (Å²) in [6, 6.07) is 9.21. The Hall–Kier alpha value is -2.46. The molecule has 3 rings (SSSR count). The molecule has 32 heavy (non-hydrogen) atoms. The predicted octanol–water partition coefficient (Wildman–Crippen LogP) is 4.95. The molecular weight excluding hydrogens is 445 g/mol. The van der Waals surface area contributed by atoms with Crippen LogP contribution in [0.3, 0.4) is 0 Å². The summed E-state index contributed by atoms with van der Waals surface area (Å²) in [4.78, 5) is -0.769. The summed E-state index contributed by atoms with van der Waals surface area (Å²) < 4.78 is 80.0. The van der Waals surface area contributed by atoms with Crippen molar-refractivity contribution in [3.63, 3.8) is 0 Å². The van der Waals surface area contributed by atoms with Gasteiger partial charge in [0.15, 0.2) is 0 Å². The molecule has 6 nitrogen and oxygen atoms in total. The highest BCUT2D eigenvalue weighted by atomic mass is 32.2. The minimum atomic E-state index is -4.80. The number of halogens is 3. The van der Waals surface area contributed by atoms with Crippen LogP contribution in [0.4, 0.5) is 18.9 Å². The zero-order chi connectivity index (χ0) is 23.5. The van der Waals surface area contributed by atoms with Gasteiger partial charge in [0, 0.05) is 19.2 Å². The number of hydrogen-bond acceptors (Lipinski definition) is 5. The van der Waals surface area contributed by atoms with Gasteiger partial charge in [-0.1, -0.05) is 19.1 Å². The second-order valence-corrected chi connectivity index (χ2v) is 9.42. The molecule has 0 atom stereocenters. The quantitative estimate of drug-likeness (QED) is 0.458. The SMILES string of the molecule is CCCN(N(CC1CC1)c1ccc(OC)cc1OC)S(=O)(=O)c1ccccc1C(F)(F)F. The van der Waals surface area contributed by atoms with Gasteiger partial charge in [-0.3, -0.25) is 5.01 Å². The van der Waals surface area contributed by atoms with Crippen molar-refractivity contribution >= 4 is 15.7 Å². The molecule has 2 aromatic carbocycles. The van der Waals surface area contributed by atoms with E-state index in [2.05, 4.69) is 0 Å². The number of benzene rings is 2. The molecule has 0 heterocycles. The number of ether oxygens (including phenoxy) is 2. The molecule has 0 aromatic heterocycles. The van der Waals surface area contributed by atoms with Gasteiger partial charge in [0.1, 0.15) is 11.5 Å². The summed E-state index contributed by atoms with van der Waals surface area (Å²) >= 11 is 0. The number of alkyl halides is 3. The Morgan fingerprint density at radius 2 is 1.75 bits per heavy atom. The van der Waals surface area contributed by atoms with Gasteiger partial charge in [-0.15, -0.1) is 4.41 Å². The molecule has 176 valence electrons. The molecule has 0 unspecified atom stereocenters. The van der Waals surface area contributed by atoms with E-state index in [1.54, 1.807) is 25.1 Å². The maximum Gasteiger partial charge on any atom is 0.417 e. The van der Waals surface area contributed by atoms with Gasteiger partial charge in [-0.2, -0.15) is 13.2 Å². The highest BCUT2D eigenvalue weighted by Gasteiger charge is 2.41. The van der Waals surface area contributed by atoms with E-state index in [-0.39, 0.29) is 12.5 Å². The Labute approximate surface area is 186 Å². The van der Waals surface area contributed by atoms with Crippen LogP contribution in [0.1, 0.15) is 31.7 Å². The number of rotatable bonds is 10. The van der Waals surface area contributed by atoms with Crippen LogP contribution in [0.5, 0.6) is 11.5 Å². The van der Waals surface area contributed by atoms with E-state index in [4.69, 9.17) is 9.47 Å². The summed E-state index contributed by atoms with van der Waals surface area (Å²) in [5.74, 6) is 1.13. The fraction of sp³-hybridized carbons (Fsp3) is 0.455. The van der Waals surface area contributed by atoms with Crippen molar-refractivity contribution in [3.8, 4) is 11.5 Å². The molecule has 10 heteroatoms. The zero-order valence-electron chi connectivity index (χ0n) is 18.2. The second-order valence-electron chi connectivity index (χ2n) is 7.61. The lowest BCUT2D eigenvalue weighted by atomic mass is 10.2. The predicted molar refractivity (Wildman–Crippen MR) is 115 cm³/mol. The van der Waals surface area contributed by atoms with E-state index in [1.807, 2.05) is 0 Å². The lowest BCUT2D eigenvalue weighted by Gasteiger charge is -2.37. The van der Waals surface area contributed by atoms with Crippen molar-refractivity contribution < 1.29 is 31.1 Å². The maximum atomic E-state index is 13.6. The van der Waals surface area contributed by atoms with Crippen molar-refractivity contribution in [3.05, 3.63) is 48.0 Å². The van der Waals surface area contributed by atoms with E-state index in [9.17, 15) is 21.6 Å². The minimum Gasteiger partial charge on any atom is -0.497 e. The van der Waals surface area contributed by atoms with Gasteiger partial charge < -0.3 is 9.47 Å². The second kappa shape index (κ2) is 9.58. The third kappa shape index (κ3) is 5.12. The first kappa shape index (κ1) is 24.2. The van der Waals surface area contributed by atoms with E-state index in [0.29, 0.717) is 30.2 Å². The standard InChI is InChI=1S/C22H27F3N2O4S/c1-4-13-27(32(28,29)21-8-6-5-7-18(21)22(23,24)25)26(15-16-9-10-16)19-12-11-17(30-2)14-20(19)31-3/h5-8,11-12,14,16H,4,9-10,13,15H2,1-3H3. The molecule has 0 spiro atoms. The molecule has 1 saturated carbocycles. The van der Waals surface area contributed by atoms with Gasteiger partial charge in [-0.05, 0) is 49.4 Å². The van der Waals surface area contributed by atoms with Gasteiger partial charge in [0.2, 0.25) is 0 Å². The third-order valence-electron chi connectivity index (χ3n) is 5.23. The lowest BCUT2D eigenvalue weighted by Crippen LogP contribution is -2.48. The average Bonchev–Trinajstić information content (AvgIpc) is 3.59. The third-order valence-corrected chi connectivity index (χ3v) is 7.07. The van der Waals surface area contributed by atoms with Gasteiger partial charge in [0.05, 0.1) is 30.4 Å². The average molecular weight is 473 g/mol. The summed E-state index contributed by atoms with van der Waals surface area (Å²) in [6.07, 6.45) is -2.55. The monoisotopic (exact) mass is 472 g/mol. The fourth-order valence-electron chi connectivity index (χ4n) is 3.45. The normalized spacial score (nSPS) is 14.5. The summed E-state index contributed by atoms with van der Waals surface area (Å²) in [6.45, 7) is 2.13. The smallest absolute Gasteiger partial charge is 0.417 e. The number of nitrogens with zero attached hydrogens (tertiary/aromatic N) is 2. The molecule has 0 N–H and O–H groups in total. The lowest BCUT2D eigenvalue weighted by molar-refractivity contribution is -0.139. The topological polar surface area (TPSA) is 59.1 Å². The first-order valence-corrected chi connectivity index (χ1v) is 11.8. The molecule has 0 bridgehead atoms. The highest BCUT2D eigenvalue weighted by molar-refractivity contribution is 7.89. The largest absolute Gasteiger partial charge is 0.497 e. The number of hydrogen-bond donors (Lipinski definition) is 0. The number of methoxy groups -OCH3 is 2. The van der Waals surface area contributed by atoms with E-state index in [0.717, 1.165) is 29.4 Å². The van der Waals surface area contributed by atoms with Crippen LogP contribution in [0, 0.1) is 5.92 Å². The van der Waals surface area contributed by atoms with Crippen LogP contribution in [-0.2, 0) is 16.2 Å². The Morgan fingerprint density at radius 3 is 2.31 bits per heavy atom. The van der Waals surface area contributed by atoms with Crippen molar-refractivity contribution in [2.45, 2.75) is 37.3 Å². The zero-order valence-corrected chi connectivity index (χ0v) is 19.0. The Morgan fingerprint density at radius 1 is 1.06 bits per heavy atom. The van der Waals surface area contributed by atoms with Crippen LogP contribution in [-0.4, -0.2) is 40.1 Å². The molecule has 0 aliphatic heterocycles. The summed E-state index contributed by atoms with van der Waals surface area (Å²) in [5, 5.41) is 1.53. The number of sulfonamides is 1. The fourth-order valence-corrected chi connectivity index (χ4v) is 5.23.